The SMILES string of the molecule is CN=C(NCCCc1nnc2n1CCCCC2)NCCc1ccc(Cl)nc1. The van der Waals surface area contributed by atoms with Crippen LogP contribution in [0.2, 0.25) is 5.15 Å². The number of pyridine rings is 1. The lowest BCUT2D eigenvalue weighted by Crippen LogP contribution is -2.38. The minimum atomic E-state index is 0.522. The third-order valence-corrected chi connectivity index (χ3v) is 5.00. The van der Waals surface area contributed by atoms with Crippen LogP contribution in [0.1, 0.15) is 42.9 Å². The topological polar surface area (TPSA) is 80.0 Å². The Morgan fingerprint density at radius 3 is 2.85 bits per heavy atom. The van der Waals surface area contributed by atoms with Crippen LogP contribution in [0.25, 0.3) is 0 Å². The molecule has 8 heteroatoms. The van der Waals surface area contributed by atoms with Crippen molar-refractivity contribution in [2.75, 3.05) is 20.1 Å². The van der Waals surface area contributed by atoms with Crippen molar-refractivity contribution in [1.82, 2.24) is 30.4 Å². The van der Waals surface area contributed by atoms with Crippen LogP contribution in [-0.2, 0) is 25.8 Å². The summed E-state index contributed by atoms with van der Waals surface area (Å²) in [6.45, 7) is 2.71. The summed E-state index contributed by atoms with van der Waals surface area (Å²) in [6, 6.07) is 3.81. The Labute approximate surface area is 165 Å². The van der Waals surface area contributed by atoms with E-state index in [-0.39, 0.29) is 0 Å². The van der Waals surface area contributed by atoms with Crippen molar-refractivity contribution in [3.8, 4) is 0 Å². The Kier molecular flexibility index (Phi) is 7.45. The maximum absolute atomic E-state index is 5.81. The quantitative estimate of drug-likeness (QED) is 0.329. The van der Waals surface area contributed by atoms with E-state index >= 15 is 0 Å². The van der Waals surface area contributed by atoms with Gasteiger partial charge in [0, 0.05) is 45.7 Å². The van der Waals surface area contributed by atoms with Gasteiger partial charge in [0.2, 0.25) is 0 Å². The molecule has 146 valence electrons. The van der Waals surface area contributed by atoms with E-state index in [2.05, 4.69) is 35.4 Å². The molecule has 1 aliphatic rings. The average molecular weight is 390 g/mol. The highest BCUT2D eigenvalue weighted by Gasteiger charge is 2.14. The highest BCUT2D eigenvalue weighted by molar-refractivity contribution is 6.29. The second kappa shape index (κ2) is 10.3. The third kappa shape index (κ3) is 5.92. The Morgan fingerprint density at radius 1 is 1.15 bits per heavy atom. The fourth-order valence-corrected chi connectivity index (χ4v) is 3.40. The maximum atomic E-state index is 5.81. The van der Waals surface area contributed by atoms with Crippen LogP contribution >= 0.6 is 11.6 Å². The summed E-state index contributed by atoms with van der Waals surface area (Å²) in [6.07, 6.45) is 9.43. The zero-order valence-electron chi connectivity index (χ0n) is 15.9. The van der Waals surface area contributed by atoms with Crippen molar-refractivity contribution >= 4 is 17.6 Å². The number of hydrogen-bond acceptors (Lipinski definition) is 4. The van der Waals surface area contributed by atoms with Crippen molar-refractivity contribution < 1.29 is 0 Å². The van der Waals surface area contributed by atoms with Crippen LogP contribution in [0, 0.1) is 0 Å². The monoisotopic (exact) mass is 389 g/mol. The van der Waals surface area contributed by atoms with Gasteiger partial charge in [-0.3, -0.25) is 4.99 Å². The van der Waals surface area contributed by atoms with Gasteiger partial charge in [0.15, 0.2) is 5.96 Å². The fraction of sp³-hybridized carbons (Fsp3) is 0.579. The van der Waals surface area contributed by atoms with E-state index in [4.69, 9.17) is 11.6 Å². The van der Waals surface area contributed by atoms with Gasteiger partial charge in [-0.05, 0) is 37.3 Å². The molecule has 7 nitrogen and oxygen atoms in total. The normalized spacial score (nSPS) is 14.5. The molecule has 0 atom stereocenters. The van der Waals surface area contributed by atoms with Gasteiger partial charge in [0.1, 0.15) is 16.8 Å². The third-order valence-electron chi connectivity index (χ3n) is 4.77. The highest BCUT2D eigenvalue weighted by Crippen LogP contribution is 2.15. The number of nitrogens with zero attached hydrogens (tertiary/aromatic N) is 5. The van der Waals surface area contributed by atoms with Gasteiger partial charge in [-0.2, -0.15) is 0 Å². The predicted octanol–water partition coefficient (Wildman–Crippen LogP) is 2.39. The van der Waals surface area contributed by atoms with E-state index in [1.807, 2.05) is 18.3 Å². The first-order valence-electron chi connectivity index (χ1n) is 9.72. The molecule has 0 fully saturated rings. The number of guanidine groups is 1. The Bertz CT molecular complexity index is 739. The van der Waals surface area contributed by atoms with Gasteiger partial charge in [-0.1, -0.05) is 24.1 Å². The van der Waals surface area contributed by atoms with Gasteiger partial charge in [0.05, 0.1) is 0 Å². The molecule has 2 N–H and O–H groups in total. The number of rotatable bonds is 7. The second-order valence-electron chi connectivity index (χ2n) is 6.76. The zero-order valence-corrected chi connectivity index (χ0v) is 16.7. The van der Waals surface area contributed by atoms with Crippen LogP contribution in [0.3, 0.4) is 0 Å². The summed E-state index contributed by atoms with van der Waals surface area (Å²) < 4.78 is 2.32. The lowest BCUT2D eigenvalue weighted by Gasteiger charge is -2.12. The van der Waals surface area contributed by atoms with E-state index in [0.29, 0.717) is 5.15 Å². The van der Waals surface area contributed by atoms with Gasteiger partial charge >= 0.3 is 0 Å². The minimum Gasteiger partial charge on any atom is -0.356 e. The standard InChI is InChI=1S/C19H28ClN7/c1-21-19(23-12-10-15-8-9-16(20)24-14-15)22-11-5-7-18-26-25-17-6-3-2-4-13-27(17)18/h8-9,14H,2-7,10-13H2,1H3,(H2,21,22,23). The Morgan fingerprint density at radius 2 is 2.04 bits per heavy atom. The number of aliphatic imine (C=N–C) groups is 1. The number of halogens is 1. The van der Waals surface area contributed by atoms with Gasteiger partial charge < -0.3 is 15.2 Å². The molecular weight excluding hydrogens is 362 g/mol. The second-order valence-corrected chi connectivity index (χ2v) is 7.15. The molecule has 0 saturated heterocycles. The molecule has 0 aromatic carbocycles. The molecule has 0 spiro atoms. The van der Waals surface area contributed by atoms with E-state index in [1.54, 1.807) is 7.05 Å². The molecule has 3 heterocycles. The molecule has 27 heavy (non-hydrogen) atoms. The molecule has 0 bridgehead atoms. The van der Waals surface area contributed by atoms with Crippen molar-refractivity contribution in [3.63, 3.8) is 0 Å². The van der Waals surface area contributed by atoms with E-state index in [1.165, 1.54) is 19.3 Å². The Hall–Kier alpha value is -2.15. The smallest absolute Gasteiger partial charge is 0.190 e. The number of aromatic nitrogens is 4. The summed E-state index contributed by atoms with van der Waals surface area (Å²) in [4.78, 5) is 8.37. The van der Waals surface area contributed by atoms with Crippen LogP contribution in [-0.4, -0.2) is 45.8 Å². The van der Waals surface area contributed by atoms with Crippen LogP contribution in [0.5, 0.6) is 0 Å². The summed E-state index contributed by atoms with van der Waals surface area (Å²) in [5, 5.41) is 16.0. The molecule has 0 amide bonds. The van der Waals surface area contributed by atoms with E-state index < -0.39 is 0 Å². The molecule has 2 aromatic heterocycles. The van der Waals surface area contributed by atoms with Crippen LogP contribution in [0.4, 0.5) is 0 Å². The first kappa shape index (κ1) is 19.6. The van der Waals surface area contributed by atoms with Crippen molar-refractivity contribution in [2.45, 2.75) is 51.5 Å². The Balaban J connectivity index is 1.36. The number of nitrogens with one attached hydrogen (secondary N) is 2. The summed E-state index contributed by atoms with van der Waals surface area (Å²) in [5.74, 6) is 3.09. The first-order chi connectivity index (χ1) is 13.3. The van der Waals surface area contributed by atoms with Crippen molar-refractivity contribution in [2.24, 2.45) is 4.99 Å². The molecular formula is C19H28ClN7. The van der Waals surface area contributed by atoms with Crippen LogP contribution < -0.4 is 10.6 Å². The largest absolute Gasteiger partial charge is 0.356 e. The van der Waals surface area contributed by atoms with Gasteiger partial charge in [-0.15, -0.1) is 10.2 Å². The average Bonchev–Trinajstić information content (AvgIpc) is 2.91. The van der Waals surface area contributed by atoms with Crippen molar-refractivity contribution in [1.29, 1.82) is 0 Å². The molecule has 1 aliphatic heterocycles. The molecule has 0 unspecified atom stereocenters. The molecule has 0 aliphatic carbocycles. The van der Waals surface area contributed by atoms with Crippen molar-refractivity contribution in [3.05, 3.63) is 40.7 Å². The molecule has 2 aromatic rings. The fourth-order valence-electron chi connectivity index (χ4n) is 3.28. The van der Waals surface area contributed by atoms with Gasteiger partial charge in [0.25, 0.3) is 0 Å². The first-order valence-corrected chi connectivity index (χ1v) is 10.1. The lowest BCUT2D eigenvalue weighted by molar-refractivity contribution is 0.594. The molecule has 0 saturated carbocycles. The number of aryl methyl sites for hydroxylation is 2. The van der Waals surface area contributed by atoms with E-state index in [9.17, 15) is 0 Å². The van der Waals surface area contributed by atoms with Crippen LogP contribution in [0.15, 0.2) is 23.3 Å². The predicted molar refractivity (Wildman–Crippen MR) is 108 cm³/mol. The molecule has 0 radical (unpaired) electrons. The van der Waals surface area contributed by atoms with E-state index in [0.717, 1.165) is 68.5 Å². The summed E-state index contributed by atoms with van der Waals surface area (Å²) in [5.41, 5.74) is 1.15. The maximum Gasteiger partial charge on any atom is 0.190 e. The highest BCUT2D eigenvalue weighted by atomic mass is 35.5. The zero-order chi connectivity index (χ0) is 18.9. The number of hydrogen-bond donors (Lipinski definition) is 2. The van der Waals surface area contributed by atoms with Gasteiger partial charge in [-0.25, -0.2) is 4.98 Å². The number of fused-ring (bicyclic) bond motifs is 1. The lowest BCUT2D eigenvalue weighted by atomic mass is 10.2. The summed E-state index contributed by atoms with van der Waals surface area (Å²) in [7, 11) is 1.79. The minimum absolute atomic E-state index is 0.522. The molecule has 3 rings (SSSR count). The summed E-state index contributed by atoms with van der Waals surface area (Å²) >= 11 is 5.81.